The molecule has 2 aliphatic heterocycles. The zero-order valence-electron chi connectivity index (χ0n) is 24.9. The number of carbonyl (C=O) groups excluding carboxylic acids is 2. The van der Waals surface area contributed by atoms with E-state index in [1.165, 1.54) is 26.1 Å². The Balaban J connectivity index is 1.53. The molecule has 2 heterocycles. The van der Waals surface area contributed by atoms with Gasteiger partial charge in [-0.1, -0.05) is 6.07 Å². The molecule has 2 aromatic rings. The standard InChI is InChI=1S/C31H37F7N4O2/c1-19-14-25(32)7-8-26(19)28-21(18-39-10-5-12-41-11-4-6-27(41)43)9-13-42(28)29(44)40(3)20(2)22-15-23(30(33,34)35)17-24(16-22)31(36,37)38/h7-8,14-17,20-21,28,39H,4-6,9-13,18H2,1-3H3. The van der Waals surface area contributed by atoms with E-state index < -0.39 is 47.4 Å². The molecule has 1 N–H and O–H groups in total. The van der Waals surface area contributed by atoms with Gasteiger partial charge in [-0.2, -0.15) is 26.3 Å². The van der Waals surface area contributed by atoms with Crippen LogP contribution in [0.1, 0.15) is 72.5 Å². The Morgan fingerprint density at radius 1 is 1.05 bits per heavy atom. The summed E-state index contributed by atoms with van der Waals surface area (Å²) in [6, 6.07) is 3.42. The summed E-state index contributed by atoms with van der Waals surface area (Å²) in [7, 11) is 1.35. The zero-order valence-corrected chi connectivity index (χ0v) is 24.9. The van der Waals surface area contributed by atoms with Gasteiger partial charge in [0.15, 0.2) is 0 Å². The second kappa shape index (κ2) is 13.3. The number of hydrogen-bond donors (Lipinski definition) is 1. The van der Waals surface area contributed by atoms with Gasteiger partial charge in [0.1, 0.15) is 5.82 Å². The third-order valence-electron chi connectivity index (χ3n) is 8.65. The molecule has 13 heteroatoms. The van der Waals surface area contributed by atoms with E-state index in [-0.39, 0.29) is 23.5 Å². The number of nitrogens with zero attached hydrogens (tertiary/aromatic N) is 3. The summed E-state index contributed by atoms with van der Waals surface area (Å²) in [5.74, 6) is -0.380. The quantitative estimate of drug-likeness (QED) is 0.241. The molecule has 2 aliphatic rings. The van der Waals surface area contributed by atoms with Gasteiger partial charge in [0.05, 0.1) is 23.2 Å². The maximum atomic E-state index is 14.0. The predicted molar refractivity (Wildman–Crippen MR) is 150 cm³/mol. The highest BCUT2D eigenvalue weighted by molar-refractivity contribution is 5.78. The average Bonchev–Trinajstić information content (AvgIpc) is 3.56. The topological polar surface area (TPSA) is 55.9 Å². The van der Waals surface area contributed by atoms with Crippen LogP contribution in [-0.2, 0) is 17.1 Å². The van der Waals surface area contributed by atoms with Gasteiger partial charge in [-0.15, -0.1) is 0 Å². The molecule has 0 radical (unpaired) electrons. The Labute approximate surface area is 252 Å². The van der Waals surface area contributed by atoms with Gasteiger partial charge < -0.3 is 20.0 Å². The summed E-state index contributed by atoms with van der Waals surface area (Å²) in [6.45, 7) is 5.96. The van der Waals surface area contributed by atoms with Crippen molar-refractivity contribution in [1.82, 2.24) is 20.0 Å². The van der Waals surface area contributed by atoms with Crippen LogP contribution >= 0.6 is 0 Å². The van der Waals surface area contributed by atoms with E-state index in [0.29, 0.717) is 62.3 Å². The van der Waals surface area contributed by atoms with E-state index >= 15 is 0 Å². The van der Waals surface area contributed by atoms with Gasteiger partial charge in [-0.25, -0.2) is 9.18 Å². The first-order valence-corrected chi connectivity index (χ1v) is 14.6. The predicted octanol–water partition coefficient (Wildman–Crippen LogP) is 6.95. The normalized spacial score (nSPS) is 20.0. The smallest absolute Gasteiger partial charge is 0.343 e. The fourth-order valence-corrected chi connectivity index (χ4v) is 6.11. The number of carbonyl (C=O) groups is 2. The van der Waals surface area contributed by atoms with Crippen LogP contribution in [0.4, 0.5) is 35.5 Å². The molecule has 2 saturated heterocycles. The molecule has 0 spiro atoms. The summed E-state index contributed by atoms with van der Waals surface area (Å²) in [5, 5.41) is 3.40. The highest BCUT2D eigenvalue weighted by Gasteiger charge is 2.42. The SMILES string of the molecule is Cc1cc(F)ccc1C1C(CNCCCN2CCCC2=O)CCN1C(=O)N(C)C(C)c1cc(C(F)(F)F)cc(C(F)(F)F)c1. The summed E-state index contributed by atoms with van der Waals surface area (Å²) in [6.07, 6.45) is -7.26. The molecule has 2 fully saturated rings. The van der Waals surface area contributed by atoms with Crippen molar-refractivity contribution in [2.45, 2.75) is 64.0 Å². The number of amides is 3. The maximum absolute atomic E-state index is 14.0. The lowest BCUT2D eigenvalue weighted by molar-refractivity contribution is -0.143. The van der Waals surface area contributed by atoms with Gasteiger partial charge in [0.25, 0.3) is 0 Å². The van der Waals surface area contributed by atoms with Gasteiger partial charge in [-0.05, 0) is 92.6 Å². The van der Waals surface area contributed by atoms with E-state index in [1.54, 1.807) is 17.9 Å². The van der Waals surface area contributed by atoms with Crippen LogP contribution < -0.4 is 5.32 Å². The van der Waals surface area contributed by atoms with Crippen LogP contribution in [0, 0.1) is 18.7 Å². The van der Waals surface area contributed by atoms with Crippen LogP contribution in [0.2, 0.25) is 0 Å². The summed E-state index contributed by atoms with van der Waals surface area (Å²) in [4.78, 5) is 30.3. The lowest BCUT2D eigenvalue weighted by Crippen LogP contribution is -2.43. The van der Waals surface area contributed by atoms with E-state index in [0.717, 1.165) is 24.3 Å². The molecular weight excluding hydrogens is 593 g/mol. The van der Waals surface area contributed by atoms with Gasteiger partial charge in [0.2, 0.25) is 5.91 Å². The maximum Gasteiger partial charge on any atom is 0.416 e. The van der Waals surface area contributed by atoms with Crippen molar-refractivity contribution in [2.75, 3.05) is 39.8 Å². The molecule has 2 aromatic carbocycles. The molecular formula is C31H37F7N4O2. The van der Waals surface area contributed by atoms with Crippen molar-refractivity contribution in [3.05, 3.63) is 70.0 Å². The number of nitrogens with one attached hydrogen (secondary N) is 1. The lowest BCUT2D eigenvalue weighted by atomic mass is 9.90. The molecule has 3 unspecified atom stereocenters. The van der Waals surface area contributed by atoms with Crippen molar-refractivity contribution in [2.24, 2.45) is 5.92 Å². The van der Waals surface area contributed by atoms with Crippen molar-refractivity contribution in [1.29, 1.82) is 0 Å². The van der Waals surface area contributed by atoms with Crippen molar-refractivity contribution < 1.29 is 40.3 Å². The third-order valence-corrected chi connectivity index (χ3v) is 8.65. The number of alkyl halides is 6. The van der Waals surface area contributed by atoms with Crippen LogP contribution in [-0.4, -0.2) is 66.4 Å². The number of rotatable bonds is 9. The minimum absolute atomic E-state index is 0.0620. The van der Waals surface area contributed by atoms with Crippen LogP contribution in [0.5, 0.6) is 0 Å². The Morgan fingerprint density at radius 3 is 2.27 bits per heavy atom. The molecule has 4 rings (SSSR count). The number of likely N-dealkylation sites (tertiary alicyclic amines) is 2. The van der Waals surface area contributed by atoms with E-state index in [9.17, 15) is 40.3 Å². The molecule has 6 nitrogen and oxygen atoms in total. The van der Waals surface area contributed by atoms with Crippen molar-refractivity contribution in [3.63, 3.8) is 0 Å². The summed E-state index contributed by atoms with van der Waals surface area (Å²) >= 11 is 0. The second-order valence-electron chi connectivity index (χ2n) is 11.6. The van der Waals surface area contributed by atoms with Gasteiger partial charge in [-0.3, -0.25) is 4.79 Å². The Morgan fingerprint density at radius 2 is 1.70 bits per heavy atom. The van der Waals surface area contributed by atoms with E-state index in [4.69, 9.17) is 0 Å². The fraction of sp³-hybridized carbons (Fsp3) is 0.548. The van der Waals surface area contributed by atoms with Crippen molar-refractivity contribution >= 4 is 11.9 Å². The van der Waals surface area contributed by atoms with Crippen LogP contribution in [0.3, 0.4) is 0 Å². The number of benzene rings is 2. The Kier molecular flexibility index (Phi) is 10.2. The summed E-state index contributed by atoms with van der Waals surface area (Å²) < 4.78 is 95.0. The molecule has 242 valence electrons. The minimum atomic E-state index is -5.01. The van der Waals surface area contributed by atoms with Gasteiger partial charge >= 0.3 is 18.4 Å². The largest absolute Gasteiger partial charge is 0.416 e. The molecule has 0 bridgehead atoms. The molecule has 0 aromatic heterocycles. The first-order chi connectivity index (χ1) is 20.6. The zero-order chi connectivity index (χ0) is 32.4. The highest BCUT2D eigenvalue weighted by atomic mass is 19.4. The molecule has 3 amide bonds. The van der Waals surface area contributed by atoms with Crippen LogP contribution in [0.25, 0.3) is 0 Å². The number of aryl methyl sites for hydroxylation is 1. The van der Waals surface area contributed by atoms with E-state index in [1.807, 2.05) is 4.90 Å². The Hall–Kier alpha value is -3.35. The monoisotopic (exact) mass is 630 g/mol. The first-order valence-electron chi connectivity index (χ1n) is 14.6. The number of hydrogen-bond acceptors (Lipinski definition) is 3. The minimum Gasteiger partial charge on any atom is -0.343 e. The molecule has 44 heavy (non-hydrogen) atoms. The van der Waals surface area contributed by atoms with Crippen molar-refractivity contribution in [3.8, 4) is 0 Å². The highest BCUT2D eigenvalue weighted by Crippen LogP contribution is 2.41. The van der Waals surface area contributed by atoms with Gasteiger partial charge in [0, 0.05) is 39.6 Å². The molecule has 3 atom stereocenters. The Bertz CT molecular complexity index is 1320. The lowest BCUT2D eigenvalue weighted by Gasteiger charge is -2.35. The number of urea groups is 1. The average molecular weight is 631 g/mol. The fourth-order valence-electron chi connectivity index (χ4n) is 6.11. The van der Waals surface area contributed by atoms with E-state index in [2.05, 4.69) is 5.32 Å². The second-order valence-corrected chi connectivity index (χ2v) is 11.6. The first kappa shape index (κ1) is 33.5. The third kappa shape index (κ3) is 7.65. The molecule has 0 saturated carbocycles. The molecule has 0 aliphatic carbocycles. The summed E-state index contributed by atoms with van der Waals surface area (Å²) in [5.41, 5.74) is -1.86. The van der Waals surface area contributed by atoms with Crippen LogP contribution in [0.15, 0.2) is 36.4 Å². The number of halogens is 7.